The quantitative estimate of drug-likeness (QED) is 0.684. The fourth-order valence-electron chi connectivity index (χ4n) is 1.51. The first kappa shape index (κ1) is 12.9. The zero-order valence-corrected chi connectivity index (χ0v) is 10.9. The highest BCUT2D eigenvalue weighted by Crippen LogP contribution is 2.25. The zero-order valence-electron chi connectivity index (χ0n) is 10.1. The summed E-state index contributed by atoms with van der Waals surface area (Å²) in [5.41, 5.74) is 0.907. The van der Waals surface area contributed by atoms with Crippen molar-refractivity contribution >= 4 is 28.8 Å². The number of aromatic nitrogens is 2. The van der Waals surface area contributed by atoms with Crippen LogP contribution in [0.25, 0.3) is 11.0 Å². The minimum atomic E-state index is -1.76. The van der Waals surface area contributed by atoms with Gasteiger partial charge in [0.15, 0.2) is 5.16 Å². The van der Waals surface area contributed by atoms with Gasteiger partial charge in [-0.2, -0.15) is 0 Å². The van der Waals surface area contributed by atoms with Crippen molar-refractivity contribution in [2.24, 2.45) is 0 Å². The molecular formula is C12H13FN2O2S. The number of thioether (sulfide) groups is 1. The summed E-state index contributed by atoms with van der Waals surface area (Å²) < 4.78 is 18.1. The summed E-state index contributed by atoms with van der Waals surface area (Å²) in [7, 11) is 0. The van der Waals surface area contributed by atoms with E-state index < -0.39 is 11.5 Å². The van der Waals surface area contributed by atoms with Crippen LogP contribution in [0.15, 0.2) is 23.4 Å². The molecule has 2 rings (SSSR count). The van der Waals surface area contributed by atoms with Gasteiger partial charge < -0.3 is 9.72 Å². The molecule has 1 atom stereocenters. The largest absolute Gasteiger partial charge is 0.463 e. The standard InChI is InChI=1S/C12H13FN2O2S/c1-3-17-11(16)10(13)18-12-14-8-5-4-7(2)6-9(8)15-12/h4-6,10H,3H2,1-2H3,(H,14,15). The number of halogens is 1. The summed E-state index contributed by atoms with van der Waals surface area (Å²) in [5.74, 6) is -0.876. The van der Waals surface area contributed by atoms with Crippen LogP contribution < -0.4 is 0 Å². The lowest BCUT2D eigenvalue weighted by molar-refractivity contribution is -0.145. The summed E-state index contributed by atoms with van der Waals surface area (Å²) >= 11 is 0.715. The normalized spacial score (nSPS) is 12.6. The van der Waals surface area contributed by atoms with Gasteiger partial charge in [0.2, 0.25) is 5.50 Å². The number of imidazole rings is 1. The highest BCUT2D eigenvalue weighted by Gasteiger charge is 2.21. The van der Waals surface area contributed by atoms with Crippen molar-refractivity contribution in [2.75, 3.05) is 6.61 Å². The van der Waals surface area contributed by atoms with E-state index in [4.69, 9.17) is 0 Å². The van der Waals surface area contributed by atoms with Crippen molar-refractivity contribution in [3.63, 3.8) is 0 Å². The number of carbonyl (C=O) groups is 1. The van der Waals surface area contributed by atoms with Gasteiger partial charge in [0, 0.05) is 0 Å². The lowest BCUT2D eigenvalue weighted by Gasteiger charge is -2.04. The number of esters is 1. The number of hydrogen-bond donors (Lipinski definition) is 1. The maximum absolute atomic E-state index is 13.5. The molecule has 2 aromatic rings. The van der Waals surface area contributed by atoms with E-state index in [-0.39, 0.29) is 6.61 Å². The molecule has 0 fully saturated rings. The number of aryl methyl sites for hydroxylation is 1. The Kier molecular flexibility index (Phi) is 3.86. The van der Waals surface area contributed by atoms with E-state index in [1.807, 2.05) is 25.1 Å². The minimum absolute atomic E-state index is 0.166. The Morgan fingerprint density at radius 1 is 1.61 bits per heavy atom. The van der Waals surface area contributed by atoms with Gasteiger partial charge in [-0.3, -0.25) is 0 Å². The summed E-state index contributed by atoms with van der Waals surface area (Å²) in [6, 6.07) is 5.70. The second kappa shape index (κ2) is 5.39. The Balaban J connectivity index is 2.14. The first-order valence-corrected chi connectivity index (χ1v) is 6.42. The molecule has 0 aliphatic heterocycles. The first-order chi connectivity index (χ1) is 8.60. The molecule has 0 saturated heterocycles. The minimum Gasteiger partial charge on any atom is -0.463 e. The molecule has 0 amide bonds. The van der Waals surface area contributed by atoms with E-state index in [2.05, 4.69) is 14.7 Å². The summed E-state index contributed by atoms with van der Waals surface area (Å²) in [6.45, 7) is 3.77. The van der Waals surface area contributed by atoms with E-state index >= 15 is 0 Å². The van der Waals surface area contributed by atoms with Crippen molar-refractivity contribution < 1.29 is 13.9 Å². The number of nitrogens with one attached hydrogen (secondary N) is 1. The second-order valence-electron chi connectivity index (χ2n) is 3.75. The molecule has 1 heterocycles. The van der Waals surface area contributed by atoms with Crippen LogP contribution in [0, 0.1) is 6.92 Å². The van der Waals surface area contributed by atoms with Crippen LogP contribution in [0.3, 0.4) is 0 Å². The Morgan fingerprint density at radius 3 is 3.11 bits per heavy atom. The van der Waals surface area contributed by atoms with E-state index in [0.29, 0.717) is 16.9 Å². The SMILES string of the molecule is CCOC(=O)C(F)Sc1nc2ccc(C)cc2[nH]1. The van der Waals surface area contributed by atoms with Gasteiger partial charge in [0.1, 0.15) is 0 Å². The lowest BCUT2D eigenvalue weighted by Crippen LogP contribution is -2.15. The van der Waals surface area contributed by atoms with Crippen LogP contribution in [0.2, 0.25) is 0 Å². The summed E-state index contributed by atoms with van der Waals surface area (Å²) in [5, 5.41) is 0.371. The Morgan fingerprint density at radius 2 is 2.39 bits per heavy atom. The molecule has 0 saturated carbocycles. The fourth-order valence-corrected chi connectivity index (χ4v) is 2.19. The molecule has 1 unspecified atom stereocenters. The van der Waals surface area contributed by atoms with Gasteiger partial charge in [-0.25, -0.2) is 14.2 Å². The highest BCUT2D eigenvalue weighted by molar-refractivity contribution is 8.00. The Bertz CT molecular complexity index is 570. The summed E-state index contributed by atoms with van der Waals surface area (Å²) in [6.07, 6.45) is 0. The van der Waals surface area contributed by atoms with E-state index in [1.54, 1.807) is 6.92 Å². The van der Waals surface area contributed by atoms with Crippen molar-refractivity contribution in [1.82, 2.24) is 9.97 Å². The smallest absolute Gasteiger partial charge is 0.351 e. The van der Waals surface area contributed by atoms with Crippen LogP contribution >= 0.6 is 11.8 Å². The van der Waals surface area contributed by atoms with Crippen molar-refractivity contribution in [3.8, 4) is 0 Å². The zero-order chi connectivity index (χ0) is 13.1. The van der Waals surface area contributed by atoms with Crippen molar-refractivity contribution in [1.29, 1.82) is 0 Å². The second-order valence-corrected chi connectivity index (χ2v) is 4.78. The number of nitrogens with zero attached hydrogens (tertiary/aromatic N) is 1. The molecule has 0 aliphatic rings. The van der Waals surface area contributed by atoms with Gasteiger partial charge >= 0.3 is 5.97 Å². The molecule has 1 aromatic carbocycles. The van der Waals surface area contributed by atoms with Gasteiger partial charge in [-0.15, -0.1) is 0 Å². The molecule has 18 heavy (non-hydrogen) atoms. The molecule has 0 aliphatic carbocycles. The van der Waals surface area contributed by atoms with Crippen LogP contribution in [0.4, 0.5) is 4.39 Å². The number of benzene rings is 1. The number of aromatic amines is 1. The number of carbonyl (C=O) groups excluding carboxylic acids is 1. The van der Waals surface area contributed by atoms with Gasteiger partial charge in [-0.05, 0) is 43.3 Å². The van der Waals surface area contributed by atoms with E-state index in [1.165, 1.54) is 0 Å². The molecule has 0 radical (unpaired) electrons. The topological polar surface area (TPSA) is 55.0 Å². The number of alkyl halides is 1. The molecule has 6 heteroatoms. The van der Waals surface area contributed by atoms with E-state index in [0.717, 1.165) is 16.6 Å². The fraction of sp³-hybridized carbons (Fsp3) is 0.333. The van der Waals surface area contributed by atoms with Gasteiger partial charge in [-0.1, -0.05) is 6.07 Å². The average Bonchev–Trinajstić information content (AvgIpc) is 2.70. The van der Waals surface area contributed by atoms with Gasteiger partial charge in [0.25, 0.3) is 0 Å². The van der Waals surface area contributed by atoms with Gasteiger partial charge in [0.05, 0.1) is 17.6 Å². The highest BCUT2D eigenvalue weighted by atomic mass is 32.2. The number of fused-ring (bicyclic) bond motifs is 1. The number of ether oxygens (including phenoxy) is 1. The van der Waals surface area contributed by atoms with Crippen LogP contribution in [-0.4, -0.2) is 28.0 Å². The maximum atomic E-state index is 13.5. The van der Waals surface area contributed by atoms with Crippen molar-refractivity contribution in [3.05, 3.63) is 23.8 Å². The first-order valence-electron chi connectivity index (χ1n) is 5.54. The van der Waals surface area contributed by atoms with Crippen LogP contribution in [0.1, 0.15) is 12.5 Å². The monoisotopic (exact) mass is 268 g/mol. The number of hydrogen-bond acceptors (Lipinski definition) is 4. The van der Waals surface area contributed by atoms with E-state index in [9.17, 15) is 9.18 Å². The molecule has 1 aromatic heterocycles. The third-order valence-corrected chi connectivity index (χ3v) is 3.12. The Labute approximate surface area is 108 Å². The van der Waals surface area contributed by atoms with Crippen LogP contribution in [-0.2, 0) is 9.53 Å². The number of H-pyrrole nitrogens is 1. The molecule has 0 spiro atoms. The Hall–Kier alpha value is -1.56. The predicted octanol–water partition coefficient (Wildman–Crippen LogP) is 2.82. The predicted molar refractivity (Wildman–Crippen MR) is 68.2 cm³/mol. The number of rotatable bonds is 4. The molecular weight excluding hydrogens is 255 g/mol. The average molecular weight is 268 g/mol. The molecule has 96 valence electrons. The third kappa shape index (κ3) is 2.81. The molecule has 4 nitrogen and oxygen atoms in total. The molecule has 1 N–H and O–H groups in total. The lowest BCUT2D eigenvalue weighted by atomic mass is 10.2. The third-order valence-electron chi connectivity index (χ3n) is 2.30. The van der Waals surface area contributed by atoms with Crippen molar-refractivity contribution in [2.45, 2.75) is 24.5 Å². The maximum Gasteiger partial charge on any atom is 0.351 e. The summed E-state index contributed by atoms with van der Waals surface area (Å²) in [4.78, 5) is 18.3. The molecule has 0 bridgehead atoms. The van der Waals surface area contributed by atoms with Crippen LogP contribution in [0.5, 0.6) is 0 Å².